The third kappa shape index (κ3) is 3.09. The summed E-state index contributed by atoms with van der Waals surface area (Å²) in [5.41, 5.74) is 0.440. The van der Waals surface area contributed by atoms with E-state index in [1.165, 1.54) is 12.1 Å². The first-order valence-corrected chi connectivity index (χ1v) is 6.50. The van der Waals surface area contributed by atoms with Gasteiger partial charge >= 0.3 is 0 Å². The first kappa shape index (κ1) is 13.1. The second-order valence-electron chi connectivity index (χ2n) is 3.46. The summed E-state index contributed by atoms with van der Waals surface area (Å²) in [4.78, 5) is 0. The maximum atomic E-state index is 13.5. The molecule has 90 valence electrons. The van der Waals surface area contributed by atoms with Crippen LogP contribution in [0.25, 0.3) is 0 Å². The Balaban J connectivity index is 2.37. The minimum absolute atomic E-state index is 0.103. The number of benzene rings is 2. The van der Waals surface area contributed by atoms with Crippen molar-refractivity contribution in [2.24, 2.45) is 0 Å². The van der Waals surface area contributed by atoms with E-state index >= 15 is 0 Å². The van der Waals surface area contributed by atoms with Crippen molar-refractivity contribution in [2.45, 2.75) is 0 Å². The summed E-state index contributed by atoms with van der Waals surface area (Å²) in [7, 11) is 0. The molecule has 0 spiro atoms. The topological polar surface area (TPSA) is 33.0 Å². The molecule has 0 aliphatic heterocycles. The van der Waals surface area contributed by atoms with Crippen molar-refractivity contribution in [1.82, 2.24) is 0 Å². The average Bonchev–Trinajstić information content (AvgIpc) is 2.33. The number of hydrogen-bond donors (Lipinski definition) is 0. The fourth-order valence-electron chi connectivity index (χ4n) is 1.37. The highest BCUT2D eigenvalue weighted by Crippen LogP contribution is 2.29. The van der Waals surface area contributed by atoms with Crippen molar-refractivity contribution in [1.29, 1.82) is 5.26 Å². The van der Waals surface area contributed by atoms with Gasteiger partial charge in [0.05, 0.1) is 11.6 Å². The van der Waals surface area contributed by atoms with Crippen LogP contribution in [0.2, 0.25) is 0 Å². The lowest BCUT2D eigenvalue weighted by Crippen LogP contribution is -1.89. The van der Waals surface area contributed by atoms with Crippen molar-refractivity contribution in [3.05, 3.63) is 56.7 Å². The molecule has 0 amide bonds. The quantitative estimate of drug-likeness (QED) is 0.743. The molecule has 18 heavy (non-hydrogen) atoms. The van der Waals surface area contributed by atoms with Gasteiger partial charge in [0, 0.05) is 8.95 Å². The second kappa shape index (κ2) is 5.51. The highest BCUT2D eigenvalue weighted by atomic mass is 79.9. The van der Waals surface area contributed by atoms with Gasteiger partial charge in [0.2, 0.25) is 0 Å². The summed E-state index contributed by atoms with van der Waals surface area (Å²) in [6.45, 7) is 0. The molecule has 0 radical (unpaired) electrons. The van der Waals surface area contributed by atoms with E-state index in [0.29, 0.717) is 15.8 Å². The molecule has 0 saturated carbocycles. The molecule has 0 saturated heterocycles. The number of hydrogen-bond acceptors (Lipinski definition) is 2. The molecule has 0 bridgehead atoms. The molecule has 2 nitrogen and oxygen atoms in total. The third-order valence-electron chi connectivity index (χ3n) is 2.12. The van der Waals surface area contributed by atoms with Gasteiger partial charge in [-0.1, -0.05) is 31.9 Å². The maximum absolute atomic E-state index is 13.5. The highest BCUT2D eigenvalue weighted by molar-refractivity contribution is 9.10. The van der Waals surface area contributed by atoms with Crippen molar-refractivity contribution < 1.29 is 9.13 Å². The van der Waals surface area contributed by atoms with Crippen LogP contribution >= 0.6 is 31.9 Å². The lowest BCUT2D eigenvalue weighted by molar-refractivity contribution is 0.441. The molecule has 0 aromatic heterocycles. The molecule has 0 atom stereocenters. The first-order chi connectivity index (χ1) is 8.58. The van der Waals surface area contributed by atoms with E-state index < -0.39 is 5.82 Å². The fourth-order valence-corrected chi connectivity index (χ4v) is 2.18. The van der Waals surface area contributed by atoms with Gasteiger partial charge in [0.15, 0.2) is 11.6 Å². The summed E-state index contributed by atoms with van der Waals surface area (Å²) in [5.74, 6) is 0.0426. The Morgan fingerprint density at radius 3 is 2.56 bits per heavy atom. The molecule has 0 N–H and O–H groups in total. The molecule has 2 aromatic rings. The number of ether oxygens (including phenoxy) is 1. The molecular formula is C13H6Br2FNO. The summed E-state index contributed by atoms with van der Waals surface area (Å²) in [6.07, 6.45) is 0. The molecule has 0 heterocycles. The Morgan fingerprint density at radius 2 is 1.83 bits per heavy atom. The lowest BCUT2D eigenvalue weighted by Gasteiger charge is -2.08. The van der Waals surface area contributed by atoms with Gasteiger partial charge < -0.3 is 4.74 Å². The Kier molecular flexibility index (Phi) is 4.00. The SMILES string of the molecule is N#Cc1cc(Br)cc(Oc2cc(Br)ccc2F)c1. The van der Waals surface area contributed by atoms with Crippen molar-refractivity contribution in [3.63, 3.8) is 0 Å². The standard InChI is InChI=1S/C13H6Br2FNO/c14-9-1-2-12(16)13(6-9)18-11-4-8(7-17)3-10(15)5-11/h1-6H. The second-order valence-corrected chi connectivity index (χ2v) is 5.30. The van der Waals surface area contributed by atoms with Gasteiger partial charge in [0.1, 0.15) is 5.75 Å². The van der Waals surface area contributed by atoms with E-state index in [4.69, 9.17) is 10.00 Å². The zero-order valence-electron chi connectivity index (χ0n) is 8.95. The Labute approximate surface area is 120 Å². The average molecular weight is 371 g/mol. The number of nitriles is 1. The summed E-state index contributed by atoms with van der Waals surface area (Å²) in [6, 6.07) is 11.3. The highest BCUT2D eigenvalue weighted by Gasteiger charge is 2.07. The van der Waals surface area contributed by atoms with Crippen molar-refractivity contribution >= 4 is 31.9 Å². The normalized spacial score (nSPS) is 9.89. The van der Waals surface area contributed by atoms with Crippen LogP contribution in [0, 0.1) is 17.1 Å². The van der Waals surface area contributed by atoms with Gasteiger partial charge in [-0.05, 0) is 36.4 Å². The van der Waals surface area contributed by atoms with E-state index in [2.05, 4.69) is 31.9 Å². The fraction of sp³-hybridized carbons (Fsp3) is 0. The van der Waals surface area contributed by atoms with Crippen molar-refractivity contribution in [2.75, 3.05) is 0 Å². The van der Waals surface area contributed by atoms with Gasteiger partial charge in [-0.25, -0.2) is 4.39 Å². The molecule has 0 aliphatic carbocycles. The minimum Gasteiger partial charge on any atom is -0.454 e. The molecule has 5 heteroatoms. The van der Waals surface area contributed by atoms with E-state index in [1.54, 1.807) is 24.3 Å². The smallest absolute Gasteiger partial charge is 0.165 e. The molecular weight excluding hydrogens is 365 g/mol. The van der Waals surface area contributed by atoms with Gasteiger partial charge in [0.25, 0.3) is 0 Å². The van der Waals surface area contributed by atoms with Gasteiger partial charge in [-0.15, -0.1) is 0 Å². The van der Waals surface area contributed by atoms with Crippen LogP contribution in [-0.4, -0.2) is 0 Å². The van der Waals surface area contributed by atoms with Crippen molar-refractivity contribution in [3.8, 4) is 17.6 Å². The summed E-state index contributed by atoms with van der Waals surface area (Å²) >= 11 is 6.51. The van der Waals surface area contributed by atoms with Gasteiger partial charge in [-0.2, -0.15) is 5.26 Å². The molecule has 0 fully saturated rings. The van der Waals surface area contributed by atoms with Crippen LogP contribution in [0.4, 0.5) is 4.39 Å². The van der Waals surface area contributed by atoms with E-state index in [0.717, 1.165) is 4.47 Å². The van der Waals surface area contributed by atoms with Crippen LogP contribution in [0.3, 0.4) is 0 Å². The Hall–Kier alpha value is -1.38. The number of halogens is 3. The predicted molar refractivity (Wildman–Crippen MR) is 73.0 cm³/mol. The van der Waals surface area contributed by atoms with Crippen LogP contribution in [-0.2, 0) is 0 Å². The summed E-state index contributed by atoms with van der Waals surface area (Å²) < 4.78 is 20.4. The number of rotatable bonds is 2. The first-order valence-electron chi connectivity index (χ1n) is 4.92. The van der Waals surface area contributed by atoms with E-state index in [9.17, 15) is 4.39 Å². The third-order valence-corrected chi connectivity index (χ3v) is 3.07. The van der Waals surface area contributed by atoms with E-state index in [-0.39, 0.29) is 5.75 Å². The van der Waals surface area contributed by atoms with Crippen LogP contribution in [0.1, 0.15) is 5.56 Å². The van der Waals surface area contributed by atoms with Crippen LogP contribution in [0.5, 0.6) is 11.5 Å². The zero-order valence-corrected chi connectivity index (χ0v) is 12.1. The van der Waals surface area contributed by atoms with Gasteiger partial charge in [-0.3, -0.25) is 0 Å². The van der Waals surface area contributed by atoms with Crippen LogP contribution < -0.4 is 4.74 Å². The Bertz CT molecular complexity index is 637. The maximum Gasteiger partial charge on any atom is 0.165 e. The monoisotopic (exact) mass is 369 g/mol. The summed E-state index contributed by atoms with van der Waals surface area (Å²) in [5, 5.41) is 8.84. The Morgan fingerprint density at radius 1 is 1.06 bits per heavy atom. The number of nitrogens with zero attached hydrogens (tertiary/aromatic N) is 1. The molecule has 0 unspecified atom stereocenters. The molecule has 2 rings (SSSR count). The molecule has 0 aliphatic rings. The zero-order chi connectivity index (χ0) is 13.1. The predicted octanol–water partition coefficient (Wildman–Crippen LogP) is 5.01. The molecule has 2 aromatic carbocycles. The lowest BCUT2D eigenvalue weighted by atomic mass is 10.2. The van der Waals surface area contributed by atoms with E-state index in [1.807, 2.05) is 6.07 Å². The minimum atomic E-state index is -0.461. The van der Waals surface area contributed by atoms with Crippen LogP contribution in [0.15, 0.2) is 45.3 Å². The largest absolute Gasteiger partial charge is 0.454 e.